The molecule has 0 atom stereocenters. The van der Waals surface area contributed by atoms with Crippen molar-refractivity contribution in [3.8, 4) is 22.3 Å². The Bertz CT molecular complexity index is 1500. The van der Waals surface area contributed by atoms with E-state index in [1.165, 1.54) is 23.1 Å². The number of anilines is 1. The normalized spacial score (nSPS) is 10.9. The molecule has 1 amide bonds. The van der Waals surface area contributed by atoms with Gasteiger partial charge in [-0.2, -0.15) is 0 Å². The first-order valence-corrected chi connectivity index (χ1v) is 12.8. The zero-order valence-corrected chi connectivity index (χ0v) is 19.8. The lowest BCUT2D eigenvalue weighted by Crippen LogP contribution is -2.15. The van der Waals surface area contributed by atoms with Crippen molar-refractivity contribution in [2.75, 3.05) is 11.1 Å². The van der Waals surface area contributed by atoms with Crippen LogP contribution >= 0.6 is 23.1 Å². The molecule has 5 nitrogen and oxygen atoms in total. The Hall–Kier alpha value is -3.68. The molecule has 2 aromatic heterocycles. The van der Waals surface area contributed by atoms with Crippen molar-refractivity contribution in [3.05, 3.63) is 106 Å². The minimum Gasteiger partial charge on any atom is -0.325 e. The summed E-state index contributed by atoms with van der Waals surface area (Å²) < 4.78 is 0. The average molecular weight is 484 g/mol. The van der Waals surface area contributed by atoms with Crippen molar-refractivity contribution in [2.24, 2.45) is 0 Å². The maximum atomic E-state index is 12.8. The molecule has 2 N–H and O–H groups in total. The largest absolute Gasteiger partial charge is 0.325 e. The lowest BCUT2D eigenvalue weighted by atomic mass is 10.0. The molecule has 0 saturated heterocycles. The molecule has 0 aliphatic rings. The second kappa shape index (κ2) is 10.1. The number of hydrogen-bond acceptors (Lipinski definition) is 5. The number of fused-ring (bicyclic) bond motifs is 1. The summed E-state index contributed by atoms with van der Waals surface area (Å²) in [5, 5.41) is 5.59. The maximum Gasteiger partial charge on any atom is 0.260 e. The highest BCUT2D eigenvalue weighted by Crippen LogP contribution is 2.31. The monoisotopic (exact) mass is 483 g/mol. The Morgan fingerprint density at radius 3 is 2.26 bits per heavy atom. The summed E-state index contributed by atoms with van der Waals surface area (Å²) in [5.41, 5.74) is 4.54. The van der Waals surface area contributed by atoms with Gasteiger partial charge < -0.3 is 10.3 Å². The summed E-state index contributed by atoms with van der Waals surface area (Å²) in [6, 6.07) is 27.5. The van der Waals surface area contributed by atoms with Crippen LogP contribution in [-0.2, 0) is 10.5 Å². The average Bonchev–Trinajstić information content (AvgIpc) is 3.30. The third-order valence-electron chi connectivity index (χ3n) is 5.34. The lowest BCUT2D eigenvalue weighted by molar-refractivity contribution is -0.113. The number of carbonyl (C=O) groups is 1. The summed E-state index contributed by atoms with van der Waals surface area (Å²) in [5.74, 6) is 1.17. The van der Waals surface area contributed by atoms with Crippen LogP contribution in [-0.4, -0.2) is 21.6 Å². The summed E-state index contributed by atoms with van der Waals surface area (Å²) in [6.45, 7) is 0. The Morgan fingerprint density at radius 1 is 0.882 bits per heavy atom. The highest BCUT2D eigenvalue weighted by atomic mass is 32.2. The molecule has 0 fully saturated rings. The molecule has 0 saturated carbocycles. The number of para-hydroxylation sites is 1. The lowest BCUT2D eigenvalue weighted by Gasteiger charge is -2.11. The Kier molecular flexibility index (Phi) is 6.56. The standard InChI is InChI=1S/C27H21N3O2S2/c31-24(28-22-14-8-7-13-20(22)18-9-3-1-4-10-18)17-33-16-23-29-26(32)25-21(15-34-27(25)30-23)19-11-5-2-6-12-19/h1-15H,16-17H2,(H,28,31)(H,29,30,32). The van der Waals surface area contributed by atoms with E-state index in [2.05, 4.69) is 15.3 Å². The van der Waals surface area contributed by atoms with Crippen molar-refractivity contribution < 1.29 is 4.79 Å². The summed E-state index contributed by atoms with van der Waals surface area (Å²) in [7, 11) is 0. The zero-order chi connectivity index (χ0) is 23.3. The van der Waals surface area contributed by atoms with Crippen molar-refractivity contribution in [2.45, 2.75) is 5.75 Å². The first-order valence-electron chi connectivity index (χ1n) is 10.8. The number of rotatable bonds is 7. The van der Waals surface area contributed by atoms with Gasteiger partial charge in [0.2, 0.25) is 5.91 Å². The smallest absolute Gasteiger partial charge is 0.260 e. The second-order valence-corrected chi connectivity index (χ2v) is 9.50. The summed E-state index contributed by atoms with van der Waals surface area (Å²) in [4.78, 5) is 33.6. The van der Waals surface area contributed by atoms with Crippen LogP contribution in [0.1, 0.15) is 5.82 Å². The van der Waals surface area contributed by atoms with E-state index in [0.717, 1.165) is 27.9 Å². The quantitative estimate of drug-likeness (QED) is 0.289. The fraction of sp³-hybridized carbons (Fsp3) is 0.0741. The molecule has 0 unspecified atom stereocenters. The van der Waals surface area contributed by atoms with E-state index < -0.39 is 0 Å². The van der Waals surface area contributed by atoms with Gasteiger partial charge in [0.1, 0.15) is 10.7 Å². The number of benzene rings is 3. The number of carbonyl (C=O) groups excluding carboxylic acids is 1. The predicted octanol–water partition coefficient (Wildman–Crippen LogP) is 6.19. The summed E-state index contributed by atoms with van der Waals surface area (Å²) in [6.07, 6.45) is 0. The Labute approximate surface area is 204 Å². The number of thiophene rings is 1. The van der Waals surface area contributed by atoms with E-state index in [9.17, 15) is 9.59 Å². The highest BCUT2D eigenvalue weighted by molar-refractivity contribution is 7.99. The van der Waals surface area contributed by atoms with E-state index in [1.54, 1.807) is 0 Å². The van der Waals surface area contributed by atoms with Crippen LogP contribution in [0.2, 0.25) is 0 Å². The number of aromatic nitrogens is 2. The SMILES string of the molecule is O=C(CSCc1nc2scc(-c3ccccc3)c2c(=O)[nH]1)Nc1ccccc1-c1ccccc1. The predicted molar refractivity (Wildman–Crippen MR) is 142 cm³/mol. The minimum absolute atomic E-state index is 0.0979. The molecule has 3 aromatic carbocycles. The second-order valence-electron chi connectivity index (χ2n) is 7.66. The minimum atomic E-state index is -0.151. The fourth-order valence-corrected chi connectivity index (χ4v) is 5.44. The molecule has 168 valence electrons. The van der Waals surface area contributed by atoms with Gasteiger partial charge in [0.15, 0.2) is 0 Å². The van der Waals surface area contributed by atoms with Crippen LogP contribution in [0.25, 0.3) is 32.5 Å². The van der Waals surface area contributed by atoms with Crippen molar-refractivity contribution >= 4 is 44.9 Å². The Morgan fingerprint density at radius 2 is 1.53 bits per heavy atom. The summed E-state index contributed by atoms with van der Waals surface area (Å²) >= 11 is 2.87. The van der Waals surface area contributed by atoms with Gasteiger partial charge in [-0.15, -0.1) is 23.1 Å². The van der Waals surface area contributed by atoms with Crippen molar-refractivity contribution in [1.29, 1.82) is 0 Å². The highest BCUT2D eigenvalue weighted by Gasteiger charge is 2.14. The molecule has 5 aromatic rings. The number of nitrogens with one attached hydrogen (secondary N) is 2. The number of hydrogen-bond donors (Lipinski definition) is 2. The van der Waals surface area contributed by atoms with Gasteiger partial charge in [0.25, 0.3) is 5.56 Å². The van der Waals surface area contributed by atoms with Gasteiger partial charge in [-0.25, -0.2) is 4.98 Å². The number of thioether (sulfide) groups is 1. The first-order chi connectivity index (χ1) is 16.7. The van der Waals surface area contributed by atoms with E-state index in [-0.39, 0.29) is 17.2 Å². The van der Waals surface area contributed by atoms with E-state index in [0.29, 0.717) is 21.8 Å². The maximum absolute atomic E-state index is 12.8. The molecule has 0 spiro atoms. The van der Waals surface area contributed by atoms with Crippen LogP contribution < -0.4 is 10.9 Å². The number of H-pyrrole nitrogens is 1. The molecular weight excluding hydrogens is 462 g/mol. The zero-order valence-electron chi connectivity index (χ0n) is 18.2. The molecular formula is C27H21N3O2S2. The van der Waals surface area contributed by atoms with Crippen LogP contribution in [0.4, 0.5) is 5.69 Å². The van der Waals surface area contributed by atoms with E-state index in [1.807, 2.05) is 90.3 Å². The van der Waals surface area contributed by atoms with Crippen molar-refractivity contribution in [1.82, 2.24) is 9.97 Å². The van der Waals surface area contributed by atoms with Gasteiger partial charge in [0.05, 0.1) is 16.9 Å². The number of amides is 1. The first kappa shape index (κ1) is 22.1. The fourth-order valence-electron chi connectivity index (χ4n) is 3.78. The molecule has 2 heterocycles. The van der Waals surface area contributed by atoms with Crippen LogP contribution in [0.3, 0.4) is 0 Å². The van der Waals surface area contributed by atoms with Gasteiger partial charge in [-0.05, 0) is 17.2 Å². The third kappa shape index (κ3) is 4.81. The van der Waals surface area contributed by atoms with Gasteiger partial charge in [0, 0.05) is 22.2 Å². The molecule has 0 radical (unpaired) electrons. The van der Waals surface area contributed by atoms with E-state index in [4.69, 9.17) is 0 Å². The number of nitrogens with zero attached hydrogens (tertiary/aromatic N) is 1. The van der Waals surface area contributed by atoms with E-state index >= 15 is 0 Å². The van der Waals surface area contributed by atoms with Crippen LogP contribution in [0, 0.1) is 0 Å². The van der Waals surface area contributed by atoms with Gasteiger partial charge in [-0.3, -0.25) is 9.59 Å². The molecule has 0 aliphatic heterocycles. The van der Waals surface area contributed by atoms with Crippen LogP contribution in [0.5, 0.6) is 0 Å². The topological polar surface area (TPSA) is 74.8 Å². The van der Waals surface area contributed by atoms with Crippen LogP contribution in [0.15, 0.2) is 95.1 Å². The van der Waals surface area contributed by atoms with Crippen molar-refractivity contribution in [3.63, 3.8) is 0 Å². The molecule has 5 rings (SSSR count). The molecule has 7 heteroatoms. The van der Waals surface area contributed by atoms with Gasteiger partial charge >= 0.3 is 0 Å². The van der Waals surface area contributed by atoms with Gasteiger partial charge in [-0.1, -0.05) is 78.9 Å². The molecule has 0 bridgehead atoms. The molecule has 0 aliphatic carbocycles. The Balaban J connectivity index is 1.25. The molecule has 34 heavy (non-hydrogen) atoms. The third-order valence-corrected chi connectivity index (χ3v) is 7.15. The number of aromatic amines is 1.